The monoisotopic (exact) mass is 244 g/mol. The molecule has 0 N–H and O–H groups in total. The van der Waals surface area contributed by atoms with E-state index in [1.807, 2.05) is 0 Å². The largest absolute Gasteiger partial charge is 0.157 e. The standard InChI is InChI=1S/C13H24S2/c1-5-14-12-8-7-11(10(3)4)9-13(12)15-6-2/h9-10,12-13H,5-8H2,1-4H3/t12-,13-/m1/s1. The van der Waals surface area contributed by atoms with Crippen LogP contribution in [0, 0.1) is 5.92 Å². The molecule has 0 bridgehead atoms. The summed E-state index contributed by atoms with van der Waals surface area (Å²) >= 11 is 4.27. The Kier molecular flexibility index (Phi) is 6.21. The zero-order chi connectivity index (χ0) is 11.3. The van der Waals surface area contributed by atoms with Crippen LogP contribution >= 0.6 is 23.5 Å². The number of rotatable bonds is 5. The van der Waals surface area contributed by atoms with Crippen molar-refractivity contribution in [2.24, 2.45) is 5.92 Å². The van der Waals surface area contributed by atoms with Crippen LogP contribution in [0.4, 0.5) is 0 Å². The van der Waals surface area contributed by atoms with Gasteiger partial charge < -0.3 is 0 Å². The van der Waals surface area contributed by atoms with E-state index in [1.54, 1.807) is 5.57 Å². The van der Waals surface area contributed by atoms with Crippen LogP contribution in [0.2, 0.25) is 0 Å². The zero-order valence-corrected chi connectivity index (χ0v) is 12.1. The van der Waals surface area contributed by atoms with Crippen molar-refractivity contribution in [1.82, 2.24) is 0 Å². The number of hydrogen-bond acceptors (Lipinski definition) is 2. The lowest BCUT2D eigenvalue weighted by molar-refractivity contribution is 0.635. The summed E-state index contributed by atoms with van der Waals surface area (Å²) in [6, 6.07) is 0. The number of allylic oxidation sites excluding steroid dienone is 1. The van der Waals surface area contributed by atoms with Crippen LogP contribution in [0.25, 0.3) is 0 Å². The van der Waals surface area contributed by atoms with Crippen molar-refractivity contribution >= 4 is 23.5 Å². The highest BCUT2D eigenvalue weighted by molar-refractivity contribution is 8.03. The van der Waals surface area contributed by atoms with Crippen molar-refractivity contribution < 1.29 is 0 Å². The predicted octanol–water partition coefficient (Wildman–Crippen LogP) is 4.61. The van der Waals surface area contributed by atoms with Gasteiger partial charge in [-0.2, -0.15) is 23.5 Å². The summed E-state index contributed by atoms with van der Waals surface area (Å²) in [7, 11) is 0. The Morgan fingerprint density at radius 2 is 1.93 bits per heavy atom. The lowest BCUT2D eigenvalue weighted by Crippen LogP contribution is -2.24. The van der Waals surface area contributed by atoms with Crippen molar-refractivity contribution in [3.05, 3.63) is 11.6 Å². The van der Waals surface area contributed by atoms with Gasteiger partial charge in [-0.25, -0.2) is 0 Å². The van der Waals surface area contributed by atoms with E-state index in [0.717, 1.165) is 16.4 Å². The second-order valence-electron chi connectivity index (χ2n) is 4.35. The van der Waals surface area contributed by atoms with Crippen LogP contribution < -0.4 is 0 Å². The Morgan fingerprint density at radius 1 is 1.27 bits per heavy atom. The van der Waals surface area contributed by atoms with Crippen LogP contribution in [0.1, 0.15) is 40.5 Å². The smallest absolute Gasteiger partial charge is 0.0348 e. The second-order valence-corrected chi connectivity index (χ2v) is 7.32. The Balaban J connectivity index is 2.65. The van der Waals surface area contributed by atoms with Gasteiger partial charge in [0.2, 0.25) is 0 Å². The molecule has 0 saturated heterocycles. The molecular formula is C13H24S2. The topological polar surface area (TPSA) is 0 Å². The second kappa shape index (κ2) is 6.90. The third kappa shape index (κ3) is 4.07. The minimum absolute atomic E-state index is 0.748. The summed E-state index contributed by atoms with van der Waals surface area (Å²) < 4.78 is 0. The molecule has 0 saturated carbocycles. The Morgan fingerprint density at radius 3 is 2.47 bits per heavy atom. The molecule has 0 amide bonds. The normalized spacial score (nSPS) is 26.9. The minimum atomic E-state index is 0.748. The first-order chi connectivity index (χ1) is 7.19. The van der Waals surface area contributed by atoms with Gasteiger partial charge in [-0.15, -0.1) is 0 Å². The van der Waals surface area contributed by atoms with E-state index in [0.29, 0.717) is 0 Å². The summed E-state index contributed by atoms with van der Waals surface area (Å²) in [5.41, 5.74) is 1.69. The van der Waals surface area contributed by atoms with Crippen LogP contribution in [-0.2, 0) is 0 Å². The minimum Gasteiger partial charge on any atom is -0.157 e. The summed E-state index contributed by atoms with van der Waals surface area (Å²) in [6.07, 6.45) is 5.28. The van der Waals surface area contributed by atoms with Crippen LogP contribution in [0.3, 0.4) is 0 Å². The summed E-state index contributed by atoms with van der Waals surface area (Å²) in [4.78, 5) is 0. The average Bonchev–Trinajstić information content (AvgIpc) is 2.21. The highest BCUT2D eigenvalue weighted by Crippen LogP contribution is 2.36. The molecule has 1 aliphatic rings. The summed E-state index contributed by atoms with van der Waals surface area (Å²) in [6.45, 7) is 9.20. The Labute approximate surface area is 104 Å². The highest BCUT2D eigenvalue weighted by atomic mass is 32.2. The highest BCUT2D eigenvalue weighted by Gasteiger charge is 2.25. The fraction of sp³-hybridized carbons (Fsp3) is 0.846. The van der Waals surface area contributed by atoms with Gasteiger partial charge in [0.1, 0.15) is 0 Å². The maximum Gasteiger partial charge on any atom is 0.0348 e. The van der Waals surface area contributed by atoms with Gasteiger partial charge in [0.05, 0.1) is 0 Å². The van der Waals surface area contributed by atoms with Crippen molar-refractivity contribution in [1.29, 1.82) is 0 Å². The molecule has 0 aromatic rings. The molecule has 0 spiro atoms. The van der Waals surface area contributed by atoms with Gasteiger partial charge in [0.25, 0.3) is 0 Å². The lowest BCUT2D eigenvalue weighted by Gasteiger charge is -2.30. The number of hydrogen-bond donors (Lipinski definition) is 0. The SMILES string of the molecule is CCS[C@@H]1C=C(C(C)C)CC[C@H]1SCC. The van der Waals surface area contributed by atoms with Crippen LogP contribution in [-0.4, -0.2) is 22.0 Å². The van der Waals surface area contributed by atoms with Gasteiger partial charge >= 0.3 is 0 Å². The summed E-state index contributed by atoms with van der Waals surface area (Å²) in [5.74, 6) is 3.25. The first-order valence-corrected chi connectivity index (χ1v) is 8.22. The third-order valence-corrected chi connectivity index (χ3v) is 5.59. The molecule has 0 nitrogen and oxygen atoms in total. The van der Waals surface area contributed by atoms with Gasteiger partial charge in [-0.3, -0.25) is 0 Å². The molecule has 2 atom stereocenters. The van der Waals surface area contributed by atoms with Gasteiger partial charge in [-0.1, -0.05) is 39.3 Å². The molecule has 1 rings (SSSR count). The molecule has 15 heavy (non-hydrogen) atoms. The number of thioether (sulfide) groups is 2. The molecule has 2 heteroatoms. The summed E-state index contributed by atoms with van der Waals surface area (Å²) in [5, 5.41) is 1.63. The molecule has 1 aliphatic carbocycles. The Bertz CT molecular complexity index is 209. The van der Waals surface area contributed by atoms with Crippen LogP contribution in [0.15, 0.2) is 11.6 Å². The maximum absolute atomic E-state index is 2.57. The van der Waals surface area contributed by atoms with E-state index in [2.05, 4.69) is 57.3 Å². The third-order valence-electron chi connectivity index (χ3n) is 2.94. The van der Waals surface area contributed by atoms with Gasteiger partial charge in [0.15, 0.2) is 0 Å². The van der Waals surface area contributed by atoms with E-state index >= 15 is 0 Å². The molecular weight excluding hydrogens is 220 g/mol. The fourth-order valence-corrected chi connectivity index (χ4v) is 4.56. The van der Waals surface area contributed by atoms with Crippen molar-refractivity contribution in [2.45, 2.75) is 51.0 Å². The quantitative estimate of drug-likeness (QED) is 0.648. The fourth-order valence-electron chi connectivity index (χ4n) is 2.10. The van der Waals surface area contributed by atoms with Gasteiger partial charge in [-0.05, 0) is 30.3 Å². The maximum atomic E-state index is 2.57. The zero-order valence-electron chi connectivity index (χ0n) is 10.5. The first kappa shape index (κ1) is 13.5. The van der Waals surface area contributed by atoms with Crippen molar-refractivity contribution in [2.75, 3.05) is 11.5 Å². The first-order valence-electron chi connectivity index (χ1n) is 6.12. The van der Waals surface area contributed by atoms with Crippen molar-refractivity contribution in [3.63, 3.8) is 0 Å². The molecule has 88 valence electrons. The van der Waals surface area contributed by atoms with Crippen LogP contribution in [0.5, 0.6) is 0 Å². The lowest BCUT2D eigenvalue weighted by atomic mass is 9.91. The predicted molar refractivity (Wildman–Crippen MR) is 76.0 cm³/mol. The van der Waals surface area contributed by atoms with E-state index in [-0.39, 0.29) is 0 Å². The van der Waals surface area contributed by atoms with E-state index in [4.69, 9.17) is 0 Å². The Hall–Kier alpha value is 0.440. The van der Waals surface area contributed by atoms with Crippen molar-refractivity contribution in [3.8, 4) is 0 Å². The molecule has 0 aromatic carbocycles. The van der Waals surface area contributed by atoms with E-state index in [1.165, 1.54) is 24.3 Å². The molecule has 0 heterocycles. The van der Waals surface area contributed by atoms with E-state index < -0.39 is 0 Å². The molecule has 0 fully saturated rings. The van der Waals surface area contributed by atoms with Gasteiger partial charge in [0, 0.05) is 10.5 Å². The average molecular weight is 244 g/mol. The molecule has 0 aromatic heterocycles. The molecule has 0 radical (unpaired) electrons. The van der Waals surface area contributed by atoms with E-state index in [9.17, 15) is 0 Å². The molecule has 0 unspecified atom stereocenters. The molecule has 0 aliphatic heterocycles.